The highest BCUT2D eigenvalue weighted by atomic mass is 79.9. The van der Waals surface area contributed by atoms with Gasteiger partial charge < -0.3 is 11.1 Å². The van der Waals surface area contributed by atoms with Crippen molar-refractivity contribution in [3.63, 3.8) is 0 Å². The van der Waals surface area contributed by atoms with E-state index in [9.17, 15) is 9.18 Å². The summed E-state index contributed by atoms with van der Waals surface area (Å²) < 4.78 is 14.5. The fourth-order valence-electron chi connectivity index (χ4n) is 2.32. The first-order valence-corrected chi connectivity index (χ1v) is 7.30. The summed E-state index contributed by atoms with van der Waals surface area (Å²) in [5, 5.41) is 3.16. The topological polar surface area (TPSA) is 55.1 Å². The van der Waals surface area contributed by atoms with Gasteiger partial charge in [-0.25, -0.2) is 4.39 Å². The number of hydrogen-bond acceptors (Lipinski definition) is 2. The van der Waals surface area contributed by atoms with Gasteiger partial charge in [-0.15, -0.1) is 0 Å². The maximum absolute atomic E-state index is 13.9. The van der Waals surface area contributed by atoms with E-state index in [2.05, 4.69) is 21.2 Å². The van der Waals surface area contributed by atoms with E-state index in [1.165, 1.54) is 6.07 Å². The Bertz CT molecular complexity index is 688. The summed E-state index contributed by atoms with van der Waals surface area (Å²) in [6.45, 7) is 3.95. The van der Waals surface area contributed by atoms with Gasteiger partial charge in [0.25, 0.3) is 5.91 Å². The second kappa shape index (κ2) is 6.26. The smallest absolute Gasteiger partial charge is 0.253 e. The summed E-state index contributed by atoms with van der Waals surface area (Å²) in [5.74, 6) is -1.43. The van der Waals surface area contributed by atoms with E-state index in [1.54, 1.807) is 6.07 Å². The lowest BCUT2D eigenvalue weighted by molar-refractivity contribution is 0.0997. The summed E-state index contributed by atoms with van der Waals surface area (Å²) in [5.41, 5.74) is 7.73. The molecule has 0 radical (unpaired) electrons. The highest BCUT2D eigenvalue weighted by Gasteiger charge is 2.18. The second-order valence-corrected chi connectivity index (χ2v) is 5.81. The van der Waals surface area contributed by atoms with Crippen molar-refractivity contribution in [2.24, 2.45) is 5.73 Å². The quantitative estimate of drug-likeness (QED) is 0.869. The minimum absolute atomic E-state index is 0.0852. The molecule has 0 aliphatic carbocycles. The van der Waals surface area contributed by atoms with Gasteiger partial charge in [0, 0.05) is 10.5 Å². The number of carbonyl (C=O) groups excluding carboxylic acids is 1. The van der Waals surface area contributed by atoms with Crippen molar-refractivity contribution in [2.45, 2.75) is 19.9 Å². The third-order valence-electron chi connectivity index (χ3n) is 3.33. The Labute approximate surface area is 131 Å². The third kappa shape index (κ3) is 3.42. The first-order chi connectivity index (χ1) is 9.90. The number of carbonyl (C=O) groups is 1. The van der Waals surface area contributed by atoms with Crippen molar-refractivity contribution in [3.05, 3.63) is 63.4 Å². The Balaban J connectivity index is 2.40. The fraction of sp³-hybridized carbons (Fsp3) is 0.188. The molecule has 0 saturated carbocycles. The lowest BCUT2D eigenvalue weighted by Crippen LogP contribution is -2.18. The van der Waals surface area contributed by atoms with E-state index in [0.717, 1.165) is 11.1 Å². The number of aryl methyl sites for hydroxylation is 1. The first kappa shape index (κ1) is 15.5. The van der Waals surface area contributed by atoms with E-state index in [4.69, 9.17) is 5.73 Å². The highest BCUT2D eigenvalue weighted by Crippen LogP contribution is 2.29. The zero-order valence-corrected chi connectivity index (χ0v) is 13.4. The van der Waals surface area contributed by atoms with Gasteiger partial charge in [-0.2, -0.15) is 0 Å². The molecule has 0 heterocycles. The molecule has 5 heteroatoms. The van der Waals surface area contributed by atoms with Gasteiger partial charge in [0.05, 0.1) is 11.3 Å². The van der Waals surface area contributed by atoms with Crippen LogP contribution in [0.3, 0.4) is 0 Å². The normalized spacial score (nSPS) is 12.0. The number of rotatable bonds is 4. The van der Waals surface area contributed by atoms with Crippen molar-refractivity contribution in [3.8, 4) is 0 Å². The largest absolute Gasteiger partial charge is 0.378 e. The molecule has 1 unspecified atom stereocenters. The Hall–Kier alpha value is -1.88. The number of nitrogens with two attached hydrogens (primary N) is 1. The molecule has 3 nitrogen and oxygen atoms in total. The van der Waals surface area contributed by atoms with Crippen molar-refractivity contribution in [2.75, 3.05) is 5.32 Å². The number of nitrogens with one attached hydrogen (secondary N) is 1. The van der Waals surface area contributed by atoms with Crippen LogP contribution in [-0.4, -0.2) is 5.91 Å². The molecule has 0 bridgehead atoms. The molecule has 0 fully saturated rings. The van der Waals surface area contributed by atoms with Gasteiger partial charge >= 0.3 is 0 Å². The molecule has 0 aliphatic heterocycles. The molecular formula is C16H16BrFN2O. The minimum Gasteiger partial charge on any atom is -0.378 e. The molecule has 1 amide bonds. The average molecular weight is 351 g/mol. The van der Waals surface area contributed by atoms with E-state index >= 15 is 0 Å². The lowest BCUT2D eigenvalue weighted by Gasteiger charge is -2.20. The van der Waals surface area contributed by atoms with E-state index in [-0.39, 0.29) is 11.6 Å². The number of hydrogen-bond donors (Lipinski definition) is 2. The molecule has 2 rings (SSSR count). The van der Waals surface area contributed by atoms with E-state index < -0.39 is 11.7 Å². The number of halogens is 2. The molecule has 21 heavy (non-hydrogen) atoms. The molecule has 0 aliphatic rings. The van der Waals surface area contributed by atoms with Crippen LogP contribution in [0.5, 0.6) is 0 Å². The van der Waals surface area contributed by atoms with Crippen molar-refractivity contribution < 1.29 is 9.18 Å². The SMILES string of the molecule is Cc1ccccc1C(C)Nc1cc(Br)cc(F)c1C(N)=O. The average Bonchev–Trinajstić information content (AvgIpc) is 2.37. The third-order valence-corrected chi connectivity index (χ3v) is 3.79. The predicted molar refractivity (Wildman–Crippen MR) is 85.8 cm³/mol. The summed E-state index contributed by atoms with van der Waals surface area (Å²) in [6.07, 6.45) is 0. The Kier molecular flexibility index (Phi) is 4.63. The molecule has 0 aromatic heterocycles. The zero-order valence-electron chi connectivity index (χ0n) is 11.8. The van der Waals surface area contributed by atoms with Crippen LogP contribution in [0.4, 0.5) is 10.1 Å². The van der Waals surface area contributed by atoms with Crippen LogP contribution in [0.2, 0.25) is 0 Å². The minimum atomic E-state index is -0.792. The van der Waals surface area contributed by atoms with Crippen LogP contribution in [0, 0.1) is 12.7 Å². The molecule has 3 N–H and O–H groups in total. The zero-order chi connectivity index (χ0) is 15.6. The Morgan fingerprint density at radius 3 is 2.62 bits per heavy atom. The van der Waals surface area contributed by atoms with Crippen LogP contribution in [-0.2, 0) is 0 Å². The number of benzene rings is 2. The van der Waals surface area contributed by atoms with Crippen LogP contribution in [0.15, 0.2) is 40.9 Å². The van der Waals surface area contributed by atoms with Crippen molar-refractivity contribution in [1.29, 1.82) is 0 Å². The van der Waals surface area contributed by atoms with Crippen LogP contribution >= 0.6 is 15.9 Å². The summed E-state index contributed by atoms with van der Waals surface area (Å²) in [4.78, 5) is 11.5. The molecule has 2 aromatic carbocycles. The van der Waals surface area contributed by atoms with Gasteiger partial charge in [-0.05, 0) is 37.1 Å². The van der Waals surface area contributed by atoms with E-state index in [0.29, 0.717) is 10.2 Å². The van der Waals surface area contributed by atoms with Gasteiger partial charge in [0.15, 0.2) is 0 Å². The van der Waals surface area contributed by atoms with Crippen LogP contribution < -0.4 is 11.1 Å². The summed E-state index contributed by atoms with van der Waals surface area (Å²) >= 11 is 3.22. The first-order valence-electron chi connectivity index (χ1n) is 6.51. The molecule has 110 valence electrons. The van der Waals surface area contributed by atoms with Gasteiger partial charge in [-0.3, -0.25) is 4.79 Å². The number of primary amides is 1. The standard InChI is InChI=1S/C16H16BrFN2O/c1-9-5-3-4-6-12(9)10(2)20-14-8-11(17)7-13(18)15(14)16(19)21/h3-8,10,20H,1-2H3,(H2,19,21). The van der Waals surface area contributed by atoms with Crippen molar-refractivity contribution >= 4 is 27.5 Å². The summed E-state index contributed by atoms with van der Waals surface area (Å²) in [6, 6.07) is 10.7. The van der Waals surface area contributed by atoms with Gasteiger partial charge in [0.2, 0.25) is 0 Å². The lowest BCUT2D eigenvalue weighted by atomic mass is 10.0. The van der Waals surface area contributed by atoms with Crippen LogP contribution in [0.25, 0.3) is 0 Å². The monoisotopic (exact) mass is 350 g/mol. The maximum atomic E-state index is 13.9. The molecule has 0 spiro atoms. The van der Waals surface area contributed by atoms with Crippen molar-refractivity contribution in [1.82, 2.24) is 0 Å². The predicted octanol–water partition coefficient (Wildman–Crippen LogP) is 4.17. The number of amides is 1. The second-order valence-electron chi connectivity index (χ2n) is 4.90. The number of anilines is 1. The molecule has 0 saturated heterocycles. The maximum Gasteiger partial charge on any atom is 0.253 e. The molecular weight excluding hydrogens is 335 g/mol. The Morgan fingerprint density at radius 1 is 1.33 bits per heavy atom. The van der Waals surface area contributed by atoms with Gasteiger partial charge in [0.1, 0.15) is 5.82 Å². The summed E-state index contributed by atoms with van der Waals surface area (Å²) in [7, 11) is 0. The molecule has 1 atom stereocenters. The fourth-order valence-corrected chi connectivity index (χ4v) is 2.75. The highest BCUT2D eigenvalue weighted by molar-refractivity contribution is 9.10. The molecule has 2 aromatic rings. The van der Waals surface area contributed by atoms with E-state index in [1.807, 2.05) is 38.1 Å². The van der Waals surface area contributed by atoms with Gasteiger partial charge in [-0.1, -0.05) is 40.2 Å². The Morgan fingerprint density at radius 2 is 2.00 bits per heavy atom. The van der Waals surface area contributed by atoms with Crippen LogP contribution in [0.1, 0.15) is 34.5 Å².